The monoisotopic (exact) mass is 381 g/mol. The molecular weight excluding hydrogens is 361 g/mol. The minimum atomic E-state index is -0.609. The predicted octanol–water partition coefficient (Wildman–Crippen LogP) is 3.35. The number of anilines is 1. The van der Waals surface area contributed by atoms with Gasteiger partial charge in [0.15, 0.2) is 0 Å². The Labute approximate surface area is 160 Å². The molecule has 0 spiro atoms. The van der Waals surface area contributed by atoms with Crippen molar-refractivity contribution in [3.63, 3.8) is 0 Å². The van der Waals surface area contributed by atoms with Crippen LogP contribution in [0.25, 0.3) is 5.95 Å². The number of H-pyrrole nitrogens is 1. The van der Waals surface area contributed by atoms with Crippen LogP contribution in [-0.2, 0) is 0 Å². The number of nitrogens with one attached hydrogen (secondary N) is 2. The van der Waals surface area contributed by atoms with Gasteiger partial charge in [0.2, 0.25) is 5.95 Å². The number of nitrogens with zero attached hydrogens (tertiary/aromatic N) is 3. The number of aromatic amines is 1. The zero-order valence-electron chi connectivity index (χ0n) is 15.6. The summed E-state index contributed by atoms with van der Waals surface area (Å²) >= 11 is 0. The van der Waals surface area contributed by atoms with Gasteiger partial charge in [-0.05, 0) is 30.9 Å². The van der Waals surface area contributed by atoms with Crippen molar-refractivity contribution in [3.05, 3.63) is 69.5 Å². The fraction of sp³-hybridized carbons (Fsp3) is 0.300. The summed E-state index contributed by atoms with van der Waals surface area (Å²) < 4.78 is 15.4. The van der Waals surface area contributed by atoms with Gasteiger partial charge < -0.3 is 5.32 Å². The lowest BCUT2D eigenvalue weighted by Crippen LogP contribution is -2.20. The summed E-state index contributed by atoms with van der Waals surface area (Å²) in [5, 5.41) is 7.23. The molecule has 3 aromatic rings. The van der Waals surface area contributed by atoms with Gasteiger partial charge in [0.05, 0.1) is 17.0 Å². The Hall–Kier alpha value is -3.29. The van der Waals surface area contributed by atoms with Gasteiger partial charge in [0.25, 0.3) is 11.5 Å². The highest BCUT2D eigenvalue weighted by molar-refractivity contribution is 6.04. The number of rotatable bonds is 5. The van der Waals surface area contributed by atoms with Crippen LogP contribution in [0.15, 0.2) is 41.2 Å². The number of aromatic nitrogens is 4. The number of amides is 1. The van der Waals surface area contributed by atoms with Crippen molar-refractivity contribution in [1.82, 2.24) is 19.7 Å². The van der Waals surface area contributed by atoms with E-state index in [0.29, 0.717) is 17.4 Å². The average Bonchev–Trinajstić information content (AvgIpc) is 3.42. The fourth-order valence-corrected chi connectivity index (χ4v) is 2.92. The van der Waals surface area contributed by atoms with E-state index in [-0.39, 0.29) is 23.0 Å². The van der Waals surface area contributed by atoms with Gasteiger partial charge in [-0.25, -0.2) is 9.37 Å². The van der Waals surface area contributed by atoms with E-state index in [1.165, 1.54) is 28.9 Å². The Balaban J connectivity index is 1.75. The first kappa shape index (κ1) is 18.1. The Morgan fingerprint density at radius 2 is 2.04 bits per heavy atom. The number of carbonyl (C=O) groups is 1. The first-order chi connectivity index (χ1) is 13.4. The molecule has 0 bridgehead atoms. The average molecular weight is 381 g/mol. The van der Waals surface area contributed by atoms with Crippen LogP contribution in [0.2, 0.25) is 0 Å². The topological polar surface area (TPSA) is 92.7 Å². The summed E-state index contributed by atoms with van der Waals surface area (Å²) in [7, 11) is 0. The standard InChI is InChI=1S/C20H20FN5O2/c1-11(2)15-10-18(27)24-20(22-15)26-17(9-16(25-26)12-7-8-12)23-19(28)13-5-3-4-6-14(13)21/h3-6,9-12H,7-8H2,1-2H3,(H,23,28)(H,22,24,27). The van der Waals surface area contributed by atoms with Crippen LogP contribution in [0.1, 0.15) is 60.3 Å². The fourth-order valence-electron chi connectivity index (χ4n) is 2.92. The lowest BCUT2D eigenvalue weighted by atomic mass is 10.1. The predicted molar refractivity (Wildman–Crippen MR) is 102 cm³/mol. The molecule has 2 heterocycles. The van der Waals surface area contributed by atoms with Crippen LogP contribution >= 0.6 is 0 Å². The highest BCUT2D eigenvalue weighted by atomic mass is 19.1. The summed E-state index contributed by atoms with van der Waals surface area (Å²) in [6, 6.07) is 8.94. The van der Waals surface area contributed by atoms with E-state index in [0.717, 1.165) is 18.5 Å². The van der Waals surface area contributed by atoms with E-state index in [2.05, 4.69) is 20.4 Å². The van der Waals surface area contributed by atoms with Crippen molar-refractivity contribution in [1.29, 1.82) is 0 Å². The third-order valence-electron chi connectivity index (χ3n) is 4.63. The number of hydrogen-bond donors (Lipinski definition) is 2. The van der Waals surface area contributed by atoms with Crippen molar-refractivity contribution in [2.45, 2.75) is 38.5 Å². The maximum atomic E-state index is 14.0. The molecule has 28 heavy (non-hydrogen) atoms. The third kappa shape index (κ3) is 3.58. The maximum absolute atomic E-state index is 14.0. The van der Waals surface area contributed by atoms with E-state index >= 15 is 0 Å². The van der Waals surface area contributed by atoms with Crippen LogP contribution in [0.3, 0.4) is 0 Å². The van der Waals surface area contributed by atoms with Crippen LogP contribution in [0.5, 0.6) is 0 Å². The molecule has 1 aromatic carbocycles. The molecule has 4 rings (SSSR count). The summed E-state index contributed by atoms with van der Waals surface area (Å²) in [5.41, 5.74) is 1.05. The number of hydrogen-bond acceptors (Lipinski definition) is 4. The molecule has 0 saturated heterocycles. The van der Waals surface area contributed by atoms with Crippen molar-refractivity contribution < 1.29 is 9.18 Å². The third-order valence-corrected chi connectivity index (χ3v) is 4.63. The molecule has 0 atom stereocenters. The Kier molecular flexibility index (Phi) is 4.54. The molecule has 8 heteroatoms. The molecule has 1 fully saturated rings. The molecule has 0 aliphatic heterocycles. The Bertz CT molecular complexity index is 1100. The molecule has 1 amide bonds. The summed E-state index contributed by atoms with van der Waals surface area (Å²) in [6.07, 6.45) is 2.04. The van der Waals surface area contributed by atoms with Gasteiger partial charge in [-0.1, -0.05) is 26.0 Å². The zero-order chi connectivity index (χ0) is 19.8. The van der Waals surface area contributed by atoms with Gasteiger partial charge in [0, 0.05) is 18.1 Å². The minimum absolute atomic E-state index is 0.0518. The lowest BCUT2D eigenvalue weighted by Gasteiger charge is -2.10. The summed E-state index contributed by atoms with van der Waals surface area (Å²) in [4.78, 5) is 31.8. The van der Waals surface area contributed by atoms with E-state index < -0.39 is 11.7 Å². The zero-order valence-corrected chi connectivity index (χ0v) is 15.6. The van der Waals surface area contributed by atoms with E-state index in [1.807, 2.05) is 13.8 Å². The van der Waals surface area contributed by atoms with E-state index in [1.54, 1.807) is 12.1 Å². The molecule has 2 N–H and O–H groups in total. The first-order valence-electron chi connectivity index (χ1n) is 9.20. The van der Waals surface area contributed by atoms with E-state index in [4.69, 9.17) is 0 Å². The molecule has 1 aliphatic rings. The van der Waals surface area contributed by atoms with Crippen molar-refractivity contribution in [3.8, 4) is 5.95 Å². The largest absolute Gasteiger partial charge is 0.306 e. The summed E-state index contributed by atoms with van der Waals surface area (Å²) in [5.74, 6) is -0.279. The van der Waals surface area contributed by atoms with Gasteiger partial charge in [0.1, 0.15) is 11.6 Å². The molecule has 0 radical (unpaired) electrons. The molecule has 1 saturated carbocycles. The second-order valence-corrected chi connectivity index (χ2v) is 7.22. The molecule has 144 valence electrons. The maximum Gasteiger partial charge on any atom is 0.259 e. The lowest BCUT2D eigenvalue weighted by molar-refractivity contribution is 0.102. The van der Waals surface area contributed by atoms with Gasteiger partial charge >= 0.3 is 0 Å². The minimum Gasteiger partial charge on any atom is -0.306 e. The van der Waals surface area contributed by atoms with Crippen LogP contribution in [0.4, 0.5) is 10.2 Å². The van der Waals surface area contributed by atoms with Gasteiger partial charge in [-0.2, -0.15) is 9.78 Å². The second kappa shape index (κ2) is 7.03. The Morgan fingerprint density at radius 3 is 2.71 bits per heavy atom. The second-order valence-electron chi connectivity index (χ2n) is 7.22. The highest BCUT2D eigenvalue weighted by Gasteiger charge is 2.28. The Morgan fingerprint density at radius 1 is 1.29 bits per heavy atom. The molecule has 7 nitrogen and oxygen atoms in total. The normalized spacial score (nSPS) is 13.7. The van der Waals surface area contributed by atoms with E-state index in [9.17, 15) is 14.0 Å². The van der Waals surface area contributed by atoms with Crippen molar-refractivity contribution in [2.24, 2.45) is 0 Å². The van der Waals surface area contributed by atoms with Crippen LogP contribution < -0.4 is 10.9 Å². The quantitative estimate of drug-likeness (QED) is 0.709. The number of carbonyl (C=O) groups excluding carboxylic acids is 1. The molecule has 2 aromatic heterocycles. The van der Waals surface area contributed by atoms with Gasteiger partial charge in [-0.15, -0.1) is 0 Å². The van der Waals surface area contributed by atoms with Crippen LogP contribution in [-0.4, -0.2) is 25.7 Å². The number of benzene rings is 1. The molecule has 1 aliphatic carbocycles. The van der Waals surface area contributed by atoms with Gasteiger partial charge in [-0.3, -0.25) is 14.6 Å². The van der Waals surface area contributed by atoms with Crippen LogP contribution in [0, 0.1) is 5.82 Å². The van der Waals surface area contributed by atoms with Crippen molar-refractivity contribution in [2.75, 3.05) is 5.32 Å². The first-order valence-corrected chi connectivity index (χ1v) is 9.20. The highest BCUT2D eigenvalue weighted by Crippen LogP contribution is 2.40. The number of halogens is 1. The smallest absolute Gasteiger partial charge is 0.259 e. The molecular formula is C20H20FN5O2. The SMILES string of the molecule is CC(C)c1cc(=O)[nH]c(-n2nc(C3CC3)cc2NC(=O)c2ccccc2F)n1. The molecule has 0 unspecified atom stereocenters. The van der Waals surface area contributed by atoms with Crippen molar-refractivity contribution >= 4 is 11.7 Å². The summed E-state index contributed by atoms with van der Waals surface area (Å²) in [6.45, 7) is 3.87.